The van der Waals surface area contributed by atoms with Crippen LogP contribution < -0.4 is 0 Å². The molecule has 0 heterocycles. The summed E-state index contributed by atoms with van der Waals surface area (Å²) < 4.78 is 9.57. The van der Waals surface area contributed by atoms with Gasteiger partial charge in [-0.3, -0.25) is 0 Å². The molecule has 86 valence electrons. The van der Waals surface area contributed by atoms with Gasteiger partial charge in [-0.15, -0.1) is 0 Å². The van der Waals surface area contributed by atoms with Crippen LogP contribution in [0.25, 0.3) is 0 Å². The van der Waals surface area contributed by atoms with Gasteiger partial charge in [-0.1, -0.05) is 30.7 Å². The minimum absolute atomic E-state index is 0.227. The SMILES string of the molecule is COCC(C)/C=C\C(C(=O)OC)=C(/C)Cl. The Hall–Kier alpha value is -0.800. The molecule has 0 amide bonds. The molecule has 1 atom stereocenters. The van der Waals surface area contributed by atoms with Crippen LogP contribution in [0.3, 0.4) is 0 Å². The van der Waals surface area contributed by atoms with Gasteiger partial charge in [-0.2, -0.15) is 0 Å². The maximum atomic E-state index is 11.3. The van der Waals surface area contributed by atoms with Gasteiger partial charge in [-0.05, 0) is 12.8 Å². The average molecular weight is 233 g/mol. The standard InChI is InChI=1S/C11H17ClO3/c1-8(7-14-3)5-6-10(9(2)12)11(13)15-4/h5-6,8H,7H2,1-4H3/b6-5-,10-9-. The lowest BCUT2D eigenvalue weighted by Crippen LogP contribution is -2.05. The van der Waals surface area contributed by atoms with Crippen molar-refractivity contribution in [2.45, 2.75) is 13.8 Å². The van der Waals surface area contributed by atoms with Crippen molar-refractivity contribution < 1.29 is 14.3 Å². The number of methoxy groups -OCH3 is 2. The Morgan fingerprint density at radius 2 is 2.07 bits per heavy atom. The Labute approximate surface area is 95.7 Å². The number of esters is 1. The molecule has 0 aromatic heterocycles. The largest absolute Gasteiger partial charge is 0.465 e. The van der Waals surface area contributed by atoms with Gasteiger partial charge >= 0.3 is 5.97 Å². The molecule has 0 saturated carbocycles. The van der Waals surface area contributed by atoms with E-state index in [-0.39, 0.29) is 5.92 Å². The molecule has 0 N–H and O–H groups in total. The number of hydrogen-bond acceptors (Lipinski definition) is 3. The van der Waals surface area contributed by atoms with Crippen LogP contribution in [0.4, 0.5) is 0 Å². The fourth-order valence-corrected chi connectivity index (χ4v) is 1.15. The first-order valence-electron chi connectivity index (χ1n) is 4.64. The predicted molar refractivity (Wildman–Crippen MR) is 60.7 cm³/mol. The van der Waals surface area contributed by atoms with Crippen molar-refractivity contribution in [3.8, 4) is 0 Å². The molecule has 0 rings (SSSR count). The summed E-state index contributed by atoms with van der Waals surface area (Å²) in [7, 11) is 2.96. The van der Waals surface area contributed by atoms with E-state index in [0.717, 1.165) is 0 Å². The molecule has 4 heteroatoms. The zero-order chi connectivity index (χ0) is 11.8. The van der Waals surface area contributed by atoms with Crippen molar-refractivity contribution >= 4 is 17.6 Å². The van der Waals surface area contributed by atoms with E-state index in [4.69, 9.17) is 16.3 Å². The van der Waals surface area contributed by atoms with Crippen molar-refractivity contribution in [2.24, 2.45) is 5.92 Å². The number of halogens is 1. The molecule has 0 fully saturated rings. The lowest BCUT2D eigenvalue weighted by atomic mass is 10.1. The van der Waals surface area contributed by atoms with Crippen LogP contribution in [0.15, 0.2) is 22.8 Å². The third kappa shape index (κ3) is 5.60. The Balaban J connectivity index is 4.58. The van der Waals surface area contributed by atoms with Crippen molar-refractivity contribution in [3.63, 3.8) is 0 Å². The first-order chi connectivity index (χ1) is 7.02. The number of rotatable bonds is 5. The highest BCUT2D eigenvalue weighted by Crippen LogP contribution is 2.13. The summed E-state index contributed by atoms with van der Waals surface area (Å²) in [5, 5.41) is 0.419. The highest BCUT2D eigenvalue weighted by molar-refractivity contribution is 6.31. The Morgan fingerprint density at radius 1 is 1.47 bits per heavy atom. The van der Waals surface area contributed by atoms with E-state index >= 15 is 0 Å². The maximum Gasteiger partial charge on any atom is 0.339 e. The second-order valence-corrected chi connectivity index (χ2v) is 3.80. The van der Waals surface area contributed by atoms with E-state index in [0.29, 0.717) is 17.2 Å². The lowest BCUT2D eigenvalue weighted by molar-refractivity contribution is -0.135. The third-order valence-corrected chi connectivity index (χ3v) is 2.00. The van der Waals surface area contributed by atoms with E-state index in [1.807, 2.05) is 13.0 Å². The summed E-state index contributed by atoms with van der Waals surface area (Å²) in [5.74, 6) is -0.200. The van der Waals surface area contributed by atoms with Crippen LogP contribution in [0.2, 0.25) is 0 Å². The topological polar surface area (TPSA) is 35.5 Å². The van der Waals surface area contributed by atoms with Crippen LogP contribution in [0.5, 0.6) is 0 Å². The fourth-order valence-electron chi connectivity index (χ4n) is 1.01. The number of ether oxygens (including phenoxy) is 2. The quantitative estimate of drug-likeness (QED) is 0.415. The molecular weight excluding hydrogens is 216 g/mol. The third-order valence-electron chi connectivity index (χ3n) is 1.80. The second kappa shape index (κ2) is 7.49. The smallest absolute Gasteiger partial charge is 0.339 e. The summed E-state index contributed by atoms with van der Waals surface area (Å²) in [6.45, 7) is 4.24. The first-order valence-corrected chi connectivity index (χ1v) is 5.02. The van der Waals surface area contributed by atoms with E-state index in [1.165, 1.54) is 7.11 Å². The molecule has 0 aliphatic rings. The molecule has 0 aliphatic heterocycles. The van der Waals surface area contributed by atoms with E-state index in [2.05, 4.69) is 4.74 Å². The molecule has 15 heavy (non-hydrogen) atoms. The highest BCUT2D eigenvalue weighted by atomic mass is 35.5. The van der Waals surface area contributed by atoms with Gasteiger partial charge in [0, 0.05) is 12.1 Å². The van der Waals surface area contributed by atoms with Gasteiger partial charge in [0.25, 0.3) is 0 Å². The van der Waals surface area contributed by atoms with Crippen molar-refractivity contribution in [1.82, 2.24) is 0 Å². The van der Waals surface area contributed by atoms with Crippen LogP contribution in [0.1, 0.15) is 13.8 Å². The summed E-state index contributed by atoms with van der Waals surface area (Å²) in [5.41, 5.74) is 0.377. The van der Waals surface area contributed by atoms with Gasteiger partial charge < -0.3 is 9.47 Å². The number of carbonyl (C=O) groups excluding carboxylic acids is 1. The molecule has 0 saturated heterocycles. The van der Waals surface area contributed by atoms with Crippen LogP contribution in [0, 0.1) is 5.92 Å². The fraction of sp³-hybridized carbons (Fsp3) is 0.545. The minimum atomic E-state index is -0.427. The predicted octanol–water partition coefficient (Wildman–Crippen LogP) is 2.51. The second-order valence-electron chi connectivity index (χ2n) is 3.23. The van der Waals surface area contributed by atoms with Crippen LogP contribution in [-0.2, 0) is 14.3 Å². The molecule has 0 aromatic rings. The maximum absolute atomic E-state index is 11.3. The monoisotopic (exact) mass is 232 g/mol. The number of allylic oxidation sites excluding steroid dienone is 1. The molecule has 1 unspecified atom stereocenters. The summed E-state index contributed by atoms with van der Waals surface area (Å²) in [6.07, 6.45) is 3.53. The van der Waals surface area contributed by atoms with Gasteiger partial charge in [0.2, 0.25) is 0 Å². The Bertz CT molecular complexity index is 265. The van der Waals surface area contributed by atoms with Gasteiger partial charge in [0.1, 0.15) is 0 Å². The normalized spacial score (nSPS) is 15.0. The van der Waals surface area contributed by atoms with Crippen LogP contribution in [-0.4, -0.2) is 26.8 Å². The Kier molecular flexibility index (Phi) is 7.09. The van der Waals surface area contributed by atoms with Gasteiger partial charge in [-0.25, -0.2) is 4.79 Å². The molecular formula is C11H17ClO3. The van der Waals surface area contributed by atoms with E-state index in [1.54, 1.807) is 20.1 Å². The summed E-state index contributed by atoms with van der Waals surface area (Å²) in [4.78, 5) is 11.3. The Morgan fingerprint density at radius 3 is 2.47 bits per heavy atom. The first kappa shape index (κ1) is 14.2. The molecule has 0 aliphatic carbocycles. The van der Waals surface area contributed by atoms with Gasteiger partial charge in [0.15, 0.2) is 0 Å². The van der Waals surface area contributed by atoms with Crippen molar-refractivity contribution in [3.05, 3.63) is 22.8 Å². The molecule has 0 bridgehead atoms. The lowest BCUT2D eigenvalue weighted by Gasteiger charge is -2.05. The molecule has 3 nitrogen and oxygen atoms in total. The van der Waals surface area contributed by atoms with Crippen molar-refractivity contribution in [2.75, 3.05) is 20.8 Å². The molecule has 0 spiro atoms. The molecule has 0 aromatic carbocycles. The number of hydrogen-bond donors (Lipinski definition) is 0. The van der Waals surface area contributed by atoms with Gasteiger partial charge in [0.05, 0.1) is 19.3 Å². The summed E-state index contributed by atoms with van der Waals surface area (Å²) in [6, 6.07) is 0. The summed E-state index contributed by atoms with van der Waals surface area (Å²) >= 11 is 5.77. The van der Waals surface area contributed by atoms with Crippen LogP contribution >= 0.6 is 11.6 Å². The zero-order valence-electron chi connectivity index (χ0n) is 9.54. The molecule has 0 radical (unpaired) electrons. The average Bonchev–Trinajstić information content (AvgIpc) is 2.17. The minimum Gasteiger partial charge on any atom is -0.465 e. The number of carbonyl (C=O) groups is 1. The van der Waals surface area contributed by atoms with E-state index < -0.39 is 5.97 Å². The highest BCUT2D eigenvalue weighted by Gasteiger charge is 2.09. The zero-order valence-corrected chi connectivity index (χ0v) is 10.3. The van der Waals surface area contributed by atoms with E-state index in [9.17, 15) is 4.79 Å². The van der Waals surface area contributed by atoms with Crippen molar-refractivity contribution in [1.29, 1.82) is 0 Å².